The van der Waals surface area contributed by atoms with E-state index in [4.69, 9.17) is 22.1 Å². The summed E-state index contributed by atoms with van der Waals surface area (Å²) in [6, 6.07) is 11.3. The predicted octanol–water partition coefficient (Wildman–Crippen LogP) is 4.61. The topological polar surface area (TPSA) is 59.6 Å². The summed E-state index contributed by atoms with van der Waals surface area (Å²) >= 11 is 17.5. The molecule has 0 bridgehead atoms. The van der Waals surface area contributed by atoms with Crippen LogP contribution in [0, 0.1) is 0 Å². The number of benzene rings is 2. The summed E-state index contributed by atoms with van der Waals surface area (Å²) in [5.74, 6) is 0.708. The van der Waals surface area contributed by atoms with E-state index in [1.165, 1.54) is 0 Å². The van der Waals surface area contributed by atoms with E-state index >= 15 is 0 Å². The first-order valence-electron chi connectivity index (χ1n) is 6.40. The molecule has 0 atom stereocenters. The van der Waals surface area contributed by atoms with Crippen LogP contribution in [-0.4, -0.2) is 11.3 Å². The summed E-state index contributed by atoms with van der Waals surface area (Å²) in [6.45, 7) is 0.435. The molecule has 0 amide bonds. The van der Waals surface area contributed by atoms with Gasteiger partial charge in [0, 0.05) is 5.02 Å². The lowest BCUT2D eigenvalue weighted by Crippen LogP contribution is -2.23. The second-order valence-corrected chi connectivity index (χ2v) is 7.05. The second-order valence-electron chi connectivity index (χ2n) is 4.46. The van der Waals surface area contributed by atoms with Crippen LogP contribution in [0.1, 0.15) is 11.1 Å². The Morgan fingerprint density at radius 1 is 1.26 bits per heavy atom. The Hall–Kier alpha value is -1.15. The molecule has 0 aliphatic rings. The largest absolute Gasteiger partial charge is 0.487 e. The highest BCUT2D eigenvalue weighted by Gasteiger charge is 2.09. The van der Waals surface area contributed by atoms with E-state index in [2.05, 4.69) is 54.6 Å². The molecule has 4 nitrogen and oxygen atoms in total. The van der Waals surface area contributed by atoms with E-state index < -0.39 is 0 Å². The molecular formula is C15H12Br2ClN3OS. The number of rotatable bonds is 5. The Bertz CT molecular complexity index is 715. The van der Waals surface area contributed by atoms with Gasteiger partial charge in [-0.3, -0.25) is 5.43 Å². The van der Waals surface area contributed by atoms with Crippen LogP contribution >= 0.6 is 55.7 Å². The maximum atomic E-state index is 5.87. The molecular weight excluding hydrogens is 466 g/mol. The molecule has 0 heterocycles. The van der Waals surface area contributed by atoms with Gasteiger partial charge in [-0.2, -0.15) is 5.10 Å². The standard InChI is InChI=1S/C15H12Br2ClN3OS/c16-12-5-10(7-20-21-15(19)23)6-13(17)14(12)22-8-9-1-3-11(18)4-2-9/h1-7H,8H2,(H3,19,21,23)/b20-7-. The van der Waals surface area contributed by atoms with Crippen molar-refractivity contribution >= 4 is 67.0 Å². The highest BCUT2D eigenvalue weighted by Crippen LogP contribution is 2.35. The van der Waals surface area contributed by atoms with Crippen LogP contribution in [0.15, 0.2) is 50.4 Å². The summed E-state index contributed by atoms with van der Waals surface area (Å²) in [7, 11) is 0. The average Bonchev–Trinajstić information content (AvgIpc) is 2.48. The van der Waals surface area contributed by atoms with Crippen molar-refractivity contribution in [1.29, 1.82) is 0 Å². The molecule has 120 valence electrons. The SMILES string of the molecule is NC(=S)N/N=C\c1cc(Br)c(OCc2ccc(Cl)cc2)c(Br)c1. The molecule has 0 aromatic heterocycles. The van der Waals surface area contributed by atoms with Gasteiger partial charge in [0.2, 0.25) is 0 Å². The van der Waals surface area contributed by atoms with Gasteiger partial charge in [0.1, 0.15) is 12.4 Å². The zero-order valence-corrected chi connectivity index (χ0v) is 16.5. The first kappa shape index (κ1) is 18.2. The number of thiocarbonyl (C=S) groups is 1. The van der Waals surface area contributed by atoms with Crippen LogP contribution in [0.3, 0.4) is 0 Å². The number of hydrazone groups is 1. The number of halogens is 3. The smallest absolute Gasteiger partial charge is 0.184 e. The monoisotopic (exact) mass is 475 g/mol. The van der Waals surface area contributed by atoms with Crippen molar-refractivity contribution in [2.75, 3.05) is 0 Å². The zero-order valence-electron chi connectivity index (χ0n) is 11.7. The summed E-state index contributed by atoms with van der Waals surface area (Å²) in [4.78, 5) is 0. The van der Waals surface area contributed by atoms with Gasteiger partial charge in [0.15, 0.2) is 5.11 Å². The summed E-state index contributed by atoms with van der Waals surface area (Å²) in [5, 5.41) is 4.73. The van der Waals surface area contributed by atoms with E-state index in [-0.39, 0.29) is 5.11 Å². The first-order chi connectivity index (χ1) is 11.0. The van der Waals surface area contributed by atoms with Crippen LogP contribution < -0.4 is 15.9 Å². The maximum Gasteiger partial charge on any atom is 0.184 e. The second kappa shape index (κ2) is 8.63. The third-order valence-corrected chi connectivity index (χ3v) is 4.23. The van der Waals surface area contributed by atoms with Crippen LogP contribution in [0.2, 0.25) is 5.02 Å². The van der Waals surface area contributed by atoms with E-state index in [9.17, 15) is 0 Å². The minimum atomic E-state index is 0.113. The number of ether oxygens (including phenoxy) is 1. The molecule has 0 aliphatic carbocycles. The van der Waals surface area contributed by atoms with E-state index in [0.717, 1.165) is 20.1 Å². The first-order valence-corrected chi connectivity index (χ1v) is 8.77. The van der Waals surface area contributed by atoms with Crippen LogP contribution in [-0.2, 0) is 6.61 Å². The summed E-state index contributed by atoms with van der Waals surface area (Å²) in [5.41, 5.74) is 9.69. The zero-order chi connectivity index (χ0) is 16.8. The lowest BCUT2D eigenvalue weighted by Gasteiger charge is -2.11. The van der Waals surface area contributed by atoms with E-state index in [1.807, 2.05) is 36.4 Å². The summed E-state index contributed by atoms with van der Waals surface area (Å²) in [6.07, 6.45) is 1.61. The molecule has 2 rings (SSSR count). The number of nitrogens with one attached hydrogen (secondary N) is 1. The van der Waals surface area contributed by atoms with Gasteiger partial charge < -0.3 is 10.5 Å². The maximum absolute atomic E-state index is 5.87. The van der Waals surface area contributed by atoms with Gasteiger partial charge in [-0.05, 0) is 79.5 Å². The molecule has 8 heteroatoms. The van der Waals surface area contributed by atoms with Crippen molar-refractivity contribution in [3.63, 3.8) is 0 Å². The van der Waals surface area contributed by atoms with Gasteiger partial charge in [0.25, 0.3) is 0 Å². The normalized spacial score (nSPS) is 10.7. The molecule has 3 N–H and O–H groups in total. The molecule has 23 heavy (non-hydrogen) atoms. The molecule has 0 unspecified atom stereocenters. The van der Waals surface area contributed by atoms with Crippen molar-refractivity contribution in [3.05, 3.63) is 61.5 Å². The molecule has 2 aromatic rings. The fraction of sp³-hybridized carbons (Fsp3) is 0.0667. The van der Waals surface area contributed by atoms with Gasteiger partial charge >= 0.3 is 0 Å². The van der Waals surface area contributed by atoms with Crippen LogP contribution in [0.4, 0.5) is 0 Å². The Kier molecular flexibility index (Phi) is 6.83. The van der Waals surface area contributed by atoms with Crippen molar-refractivity contribution in [2.24, 2.45) is 10.8 Å². The minimum Gasteiger partial charge on any atom is -0.487 e. The van der Waals surface area contributed by atoms with Crippen molar-refractivity contribution < 1.29 is 4.74 Å². The van der Waals surface area contributed by atoms with Crippen molar-refractivity contribution in [3.8, 4) is 5.75 Å². The Morgan fingerprint density at radius 3 is 2.43 bits per heavy atom. The Balaban J connectivity index is 2.09. The highest BCUT2D eigenvalue weighted by molar-refractivity contribution is 9.11. The minimum absolute atomic E-state index is 0.113. The molecule has 0 saturated carbocycles. The van der Waals surface area contributed by atoms with E-state index in [1.54, 1.807) is 6.21 Å². The third-order valence-electron chi connectivity index (χ3n) is 2.71. The van der Waals surface area contributed by atoms with E-state index in [0.29, 0.717) is 17.4 Å². The fourth-order valence-electron chi connectivity index (χ4n) is 1.70. The molecule has 0 radical (unpaired) electrons. The Labute approximate surface area is 161 Å². The fourth-order valence-corrected chi connectivity index (χ4v) is 3.33. The number of nitrogens with zero attached hydrogens (tertiary/aromatic N) is 1. The van der Waals surface area contributed by atoms with Crippen LogP contribution in [0.5, 0.6) is 5.75 Å². The third kappa shape index (κ3) is 5.76. The van der Waals surface area contributed by atoms with Gasteiger partial charge in [-0.25, -0.2) is 0 Å². The number of nitrogens with two attached hydrogens (primary N) is 1. The molecule has 2 aromatic carbocycles. The van der Waals surface area contributed by atoms with Gasteiger partial charge in [-0.1, -0.05) is 23.7 Å². The number of hydrogen-bond acceptors (Lipinski definition) is 3. The highest BCUT2D eigenvalue weighted by atomic mass is 79.9. The van der Waals surface area contributed by atoms with Crippen LogP contribution in [0.25, 0.3) is 0 Å². The predicted molar refractivity (Wildman–Crippen MR) is 105 cm³/mol. The average molecular weight is 478 g/mol. The summed E-state index contributed by atoms with van der Waals surface area (Å²) < 4.78 is 7.46. The molecule has 0 spiro atoms. The molecule has 0 saturated heterocycles. The van der Waals surface area contributed by atoms with Gasteiger partial charge in [-0.15, -0.1) is 0 Å². The van der Waals surface area contributed by atoms with Gasteiger partial charge in [0.05, 0.1) is 15.2 Å². The molecule has 0 fully saturated rings. The van der Waals surface area contributed by atoms with Crippen molar-refractivity contribution in [1.82, 2.24) is 5.43 Å². The molecule has 0 aliphatic heterocycles. The lowest BCUT2D eigenvalue weighted by molar-refractivity contribution is 0.302. The lowest BCUT2D eigenvalue weighted by atomic mass is 10.2. The van der Waals surface area contributed by atoms with Crippen molar-refractivity contribution in [2.45, 2.75) is 6.61 Å². The quantitative estimate of drug-likeness (QED) is 0.375. The number of hydrogen-bond donors (Lipinski definition) is 2. The Morgan fingerprint density at radius 2 is 1.87 bits per heavy atom.